The number of rotatable bonds is 6. The van der Waals surface area contributed by atoms with Gasteiger partial charge in [0.2, 0.25) is 0 Å². The van der Waals surface area contributed by atoms with E-state index in [-0.39, 0.29) is 5.25 Å². The van der Waals surface area contributed by atoms with E-state index >= 15 is 0 Å². The van der Waals surface area contributed by atoms with Gasteiger partial charge in [0.25, 0.3) is 0 Å². The molecule has 2 nitrogen and oxygen atoms in total. The molecule has 0 spiro atoms. The molecule has 90 valence electrons. The summed E-state index contributed by atoms with van der Waals surface area (Å²) in [6.07, 6.45) is 2.82. The maximum absolute atomic E-state index is 11.2. The van der Waals surface area contributed by atoms with E-state index in [0.29, 0.717) is 0 Å². The molecule has 1 N–H and O–H groups in total. The van der Waals surface area contributed by atoms with Crippen LogP contribution in [0.2, 0.25) is 0 Å². The average molecular weight is 239 g/mol. The number of hydrogen-bond acceptors (Lipinski definition) is 2. The highest BCUT2D eigenvalue weighted by atomic mass is 32.2. The molecule has 0 aromatic heterocycles. The lowest BCUT2D eigenvalue weighted by Gasteiger charge is -2.12. The summed E-state index contributed by atoms with van der Waals surface area (Å²) in [6.45, 7) is 5.85. The Balaban J connectivity index is 2.45. The molecule has 1 aromatic rings. The molecule has 0 saturated carbocycles. The third-order valence-corrected chi connectivity index (χ3v) is 4.11. The molecule has 0 fully saturated rings. The quantitative estimate of drug-likeness (QED) is 0.824. The molecule has 0 radical (unpaired) electrons. The Bertz CT molecular complexity index is 352. The standard InChI is InChI=1S/C13H21NOS/c1-4-12-7-5-6-8-13(12)10-14-9-11(2)16(3)15/h5-8,11,14H,4,9-10H2,1-3H3. The zero-order valence-corrected chi connectivity index (χ0v) is 11.1. The lowest BCUT2D eigenvalue weighted by molar-refractivity contribution is 0.645. The number of nitrogens with one attached hydrogen (secondary N) is 1. The molecule has 0 aliphatic heterocycles. The van der Waals surface area contributed by atoms with Crippen LogP contribution < -0.4 is 5.32 Å². The van der Waals surface area contributed by atoms with Gasteiger partial charge >= 0.3 is 0 Å². The largest absolute Gasteiger partial charge is 0.311 e. The van der Waals surface area contributed by atoms with Crippen LogP contribution in [0, 0.1) is 0 Å². The van der Waals surface area contributed by atoms with Crippen molar-refractivity contribution in [2.75, 3.05) is 12.8 Å². The Morgan fingerprint density at radius 3 is 2.50 bits per heavy atom. The molecule has 0 saturated heterocycles. The van der Waals surface area contributed by atoms with Crippen LogP contribution in [0.3, 0.4) is 0 Å². The summed E-state index contributed by atoms with van der Waals surface area (Å²) in [4.78, 5) is 0. The molecule has 0 aliphatic carbocycles. The normalized spacial score (nSPS) is 14.7. The van der Waals surface area contributed by atoms with Gasteiger partial charge < -0.3 is 5.32 Å². The van der Waals surface area contributed by atoms with Crippen LogP contribution in [0.15, 0.2) is 24.3 Å². The Morgan fingerprint density at radius 1 is 1.31 bits per heavy atom. The van der Waals surface area contributed by atoms with Gasteiger partial charge in [0.1, 0.15) is 0 Å². The number of benzene rings is 1. The van der Waals surface area contributed by atoms with Crippen LogP contribution in [-0.4, -0.2) is 22.3 Å². The molecule has 2 unspecified atom stereocenters. The fourth-order valence-corrected chi connectivity index (χ4v) is 1.95. The van der Waals surface area contributed by atoms with Crippen molar-refractivity contribution >= 4 is 10.8 Å². The van der Waals surface area contributed by atoms with E-state index in [4.69, 9.17) is 0 Å². The molecule has 0 heterocycles. The fourth-order valence-electron chi connectivity index (χ4n) is 1.60. The summed E-state index contributed by atoms with van der Waals surface area (Å²) in [6, 6.07) is 8.46. The number of aryl methyl sites for hydroxylation is 1. The van der Waals surface area contributed by atoms with Gasteiger partial charge in [-0.05, 0) is 24.5 Å². The highest BCUT2D eigenvalue weighted by molar-refractivity contribution is 7.84. The first-order chi connectivity index (χ1) is 7.65. The van der Waals surface area contributed by atoms with E-state index in [9.17, 15) is 4.21 Å². The Hall–Kier alpha value is -0.670. The molecule has 0 bridgehead atoms. The lowest BCUT2D eigenvalue weighted by atomic mass is 10.1. The van der Waals surface area contributed by atoms with Crippen molar-refractivity contribution in [2.45, 2.75) is 32.1 Å². The van der Waals surface area contributed by atoms with Crippen molar-refractivity contribution in [3.05, 3.63) is 35.4 Å². The van der Waals surface area contributed by atoms with Crippen molar-refractivity contribution in [1.29, 1.82) is 0 Å². The summed E-state index contributed by atoms with van der Waals surface area (Å²) in [7, 11) is -0.738. The van der Waals surface area contributed by atoms with Gasteiger partial charge in [0.15, 0.2) is 0 Å². The smallest absolute Gasteiger partial charge is 0.0441 e. The highest BCUT2D eigenvalue weighted by Gasteiger charge is 2.05. The first kappa shape index (κ1) is 13.4. The predicted molar refractivity (Wildman–Crippen MR) is 71.1 cm³/mol. The molecule has 1 aromatic carbocycles. The maximum Gasteiger partial charge on any atom is 0.0441 e. The summed E-state index contributed by atoms with van der Waals surface area (Å²) in [5.74, 6) is 0. The molecule has 0 amide bonds. The third kappa shape index (κ3) is 4.06. The van der Waals surface area contributed by atoms with Crippen molar-refractivity contribution in [1.82, 2.24) is 5.32 Å². The van der Waals surface area contributed by atoms with E-state index in [1.165, 1.54) is 11.1 Å². The van der Waals surface area contributed by atoms with E-state index < -0.39 is 10.8 Å². The van der Waals surface area contributed by atoms with Crippen LogP contribution in [0.4, 0.5) is 0 Å². The Kier molecular flexibility index (Phi) is 5.71. The maximum atomic E-state index is 11.2. The van der Waals surface area contributed by atoms with Crippen LogP contribution in [0.25, 0.3) is 0 Å². The topological polar surface area (TPSA) is 29.1 Å². The van der Waals surface area contributed by atoms with Gasteiger partial charge in [-0.2, -0.15) is 0 Å². The van der Waals surface area contributed by atoms with Gasteiger partial charge in [-0.15, -0.1) is 0 Å². The van der Waals surface area contributed by atoms with Crippen molar-refractivity contribution in [3.63, 3.8) is 0 Å². The molecule has 1 rings (SSSR count). The first-order valence-corrected chi connectivity index (χ1v) is 7.37. The van der Waals surface area contributed by atoms with Crippen molar-refractivity contribution < 1.29 is 4.21 Å². The third-order valence-electron chi connectivity index (χ3n) is 2.81. The van der Waals surface area contributed by atoms with Crippen LogP contribution in [-0.2, 0) is 23.8 Å². The molecule has 2 atom stereocenters. The van der Waals surface area contributed by atoms with Crippen molar-refractivity contribution in [2.24, 2.45) is 0 Å². The highest BCUT2D eigenvalue weighted by Crippen LogP contribution is 2.08. The summed E-state index contributed by atoms with van der Waals surface area (Å²) in [5, 5.41) is 3.58. The minimum Gasteiger partial charge on any atom is -0.311 e. The average Bonchev–Trinajstić information content (AvgIpc) is 2.29. The molecular weight excluding hydrogens is 218 g/mol. The second-order valence-electron chi connectivity index (χ2n) is 4.06. The molecular formula is C13H21NOS. The van der Waals surface area contributed by atoms with Gasteiger partial charge in [-0.3, -0.25) is 4.21 Å². The Labute approximate surface area is 101 Å². The van der Waals surface area contributed by atoms with E-state index in [2.05, 4.69) is 36.5 Å². The minimum absolute atomic E-state index is 0.216. The van der Waals surface area contributed by atoms with Gasteiger partial charge in [0, 0.05) is 35.4 Å². The zero-order chi connectivity index (χ0) is 12.0. The minimum atomic E-state index is -0.738. The summed E-state index contributed by atoms with van der Waals surface area (Å²) < 4.78 is 11.2. The zero-order valence-electron chi connectivity index (χ0n) is 10.3. The van der Waals surface area contributed by atoms with Crippen LogP contribution >= 0.6 is 0 Å². The van der Waals surface area contributed by atoms with Crippen LogP contribution in [0.1, 0.15) is 25.0 Å². The lowest BCUT2D eigenvalue weighted by Crippen LogP contribution is -2.27. The van der Waals surface area contributed by atoms with Crippen molar-refractivity contribution in [3.8, 4) is 0 Å². The monoisotopic (exact) mass is 239 g/mol. The summed E-state index contributed by atoms with van der Waals surface area (Å²) in [5.41, 5.74) is 2.74. The van der Waals surface area contributed by atoms with E-state index in [1.807, 2.05) is 6.92 Å². The van der Waals surface area contributed by atoms with Gasteiger partial charge in [0.05, 0.1) is 0 Å². The van der Waals surface area contributed by atoms with Crippen LogP contribution in [0.5, 0.6) is 0 Å². The predicted octanol–water partition coefficient (Wildman–Crippen LogP) is 2.11. The first-order valence-electron chi connectivity index (χ1n) is 5.74. The second-order valence-corrected chi connectivity index (χ2v) is 5.86. The molecule has 3 heteroatoms. The van der Waals surface area contributed by atoms with Gasteiger partial charge in [-0.1, -0.05) is 31.2 Å². The number of hydrogen-bond donors (Lipinski definition) is 1. The fraction of sp³-hybridized carbons (Fsp3) is 0.538. The SMILES string of the molecule is CCc1ccccc1CNCC(C)S(C)=O. The second kappa shape index (κ2) is 6.81. The van der Waals surface area contributed by atoms with Gasteiger partial charge in [-0.25, -0.2) is 0 Å². The summed E-state index contributed by atoms with van der Waals surface area (Å²) >= 11 is 0. The molecule has 0 aliphatic rings. The van der Waals surface area contributed by atoms with E-state index in [0.717, 1.165) is 19.5 Å². The van der Waals surface area contributed by atoms with E-state index in [1.54, 1.807) is 6.26 Å². The molecule has 16 heavy (non-hydrogen) atoms. The Morgan fingerprint density at radius 2 is 1.94 bits per heavy atom.